The fourth-order valence-electron chi connectivity index (χ4n) is 2.96. The average molecular weight is 367 g/mol. The number of aromatic nitrogens is 3. The standard InChI is InChI=1S/C20H21N3O2S/c1-23-19(18-14-24-16-11-5-6-12-17(16)25-18)21-22-20(23)26-13-7-10-15-8-3-2-4-9-15/h2-6,8-9,11-12,18H,7,10,13-14H2,1H3. The van der Waals surface area contributed by atoms with Gasteiger partial charge in [0.2, 0.25) is 0 Å². The second kappa shape index (κ2) is 7.83. The normalized spacial score (nSPS) is 15.8. The molecular formula is C20H21N3O2S. The molecule has 0 fully saturated rings. The van der Waals surface area contributed by atoms with E-state index >= 15 is 0 Å². The van der Waals surface area contributed by atoms with Crippen LogP contribution in [0.4, 0.5) is 0 Å². The van der Waals surface area contributed by atoms with Crippen LogP contribution < -0.4 is 9.47 Å². The maximum absolute atomic E-state index is 6.04. The molecule has 0 amide bonds. The summed E-state index contributed by atoms with van der Waals surface area (Å²) in [6.07, 6.45) is 1.95. The van der Waals surface area contributed by atoms with Gasteiger partial charge in [-0.15, -0.1) is 10.2 Å². The van der Waals surface area contributed by atoms with Gasteiger partial charge in [0.1, 0.15) is 6.61 Å². The molecule has 6 heteroatoms. The van der Waals surface area contributed by atoms with Crippen LogP contribution >= 0.6 is 11.8 Å². The zero-order valence-corrected chi connectivity index (χ0v) is 15.5. The van der Waals surface area contributed by atoms with Gasteiger partial charge in [0, 0.05) is 12.8 Å². The summed E-state index contributed by atoms with van der Waals surface area (Å²) in [5.74, 6) is 3.33. The highest BCUT2D eigenvalue weighted by molar-refractivity contribution is 7.99. The summed E-state index contributed by atoms with van der Waals surface area (Å²) in [4.78, 5) is 0. The lowest BCUT2D eigenvalue weighted by molar-refractivity contribution is 0.0825. The molecule has 0 N–H and O–H groups in total. The van der Waals surface area contributed by atoms with Crippen LogP contribution in [0.5, 0.6) is 11.5 Å². The number of fused-ring (bicyclic) bond motifs is 1. The summed E-state index contributed by atoms with van der Waals surface area (Å²) in [6.45, 7) is 0.446. The van der Waals surface area contributed by atoms with Gasteiger partial charge in [0.25, 0.3) is 0 Å². The molecule has 5 nitrogen and oxygen atoms in total. The number of benzene rings is 2. The van der Waals surface area contributed by atoms with Crippen LogP contribution in [-0.2, 0) is 13.5 Å². The van der Waals surface area contributed by atoms with Gasteiger partial charge >= 0.3 is 0 Å². The van der Waals surface area contributed by atoms with Crippen LogP contribution in [0.2, 0.25) is 0 Å². The lowest BCUT2D eigenvalue weighted by Gasteiger charge is -2.25. The fourth-order valence-corrected chi connectivity index (χ4v) is 3.82. The Balaban J connectivity index is 1.35. The van der Waals surface area contributed by atoms with E-state index in [0.717, 1.165) is 41.1 Å². The number of hydrogen-bond acceptors (Lipinski definition) is 5. The van der Waals surface area contributed by atoms with Crippen LogP contribution in [0.15, 0.2) is 59.8 Å². The van der Waals surface area contributed by atoms with Crippen molar-refractivity contribution >= 4 is 11.8 Å². The molecule has 0 saturated carbocycles. The van der Waals surface area contributed by atoms with Crippen molar-refractivity contribution < 1.29 is 9.47 Å². The Morgan fingerprint density at radius 1 is 1.04 bits per heavy atom. The highest BCUT2D eigenvalue weighted by Gasteiger charge is 2.27. The topological polar surface area (TPSA) is 49.2 Å². The summed E-state index contributed by atoms with van der Waals surface area (Å²) < 4.78 is 13.8. The Kier molecular flexibility index (Phi) is 5.11. The van der Waals surface area contributed by atoms with Crippen molar-refractivity contribution in [1.82, 2.24) is 14.8 Å². The molecule has 26 heavy (non-hydrogen) atoms. The van der Waals surface area contributed by atoms with Crippen molar-refractivity contribution in [3.63, 3.8) is 0 Å². The maximum Gasteiger partial charge on any atom is 0.192 e. The monoisotopic (exact) mass is 367 g/mol. The Morgan fingerprint density at radius 3 is 2.65 bits per heavy atom. The Labute approximate surface area is 157 Å². The molecule has 1 aromatic heterocycles. The van der Waals surface area contributed by atoms with E-state index in [0.29, 0.717) is 6.61 Å². The van der Waals surface area contributed by atoms with Crippen molar-refractivity contribution in [3.8, 4) is 11.5 Å². The first-order chi connectivity index (χ1) is 12.8. The van der Waals surface area contributed by atoms with Gasteiger partial charge in [0.05, 0.1) is 0 Å². The highest BCUT2D eigenvalue weighted by Crippen LogP contribution is 2.35. The third kappa shape index (κ3) is 3.70. The van der Waals surface area contributed by atoms with Crippen LogP contribution in [0.3, 0.4) is 0 Å². The van der Waals surface area contributed by atoms with Gasteiger partial charge in [-0.2, -0.15) is 0 Å². The molecule has 2 aromatic carbocycles. The lowest BCUT2D eigenvalue weighted by Crippen LogP contribution is -2.24. The third-order valence-corrected chi connectivity index (χ3v) is 5.46. The quantitative estimate of drug-likeness (QED) is 0.486. The number of aryl methyl sites for hydroxylation is 1. The second-order valence-corrected chi connectivity index (χ2v) is 7.26. The van der Waals surface area contributed by atoms with Gasteiger partial charge in [-0.1, -0.05) is 54.2 Å². The summed E-state index contributed by atoms with van der Waals surface area (Å²) in [5.41, 5.74) is 1.37. The number of rotatable bonds is 6. The predicted octanol–water partition coefficient (Wildman–Crippen LogP) is 4.05. The van der Waals surface area contributed by atoms with Crippen LogP contribution in [-0.4, -0.2) is 27.1 Å². The number of ether oxygens (including phenoxy) is 2. The molecule has 0 spiro atoms. The van der Waals surface area contributed by atoms with Gasteiger partial charge in [0.15, 0.2) is 28.6 Å². The van der Waals surface area contributed by atoms with Gasteiger partial charge in [-0.05, 0) is 30.5 Å². The van der Waals surface area contributed by atoms with E-state index in [4.69, 9.17) is 9.47 Å². The van der Waals surface area contributed by atoms with E-state index < -0.39 is 0 Å². The molecule has 0 radical (unpaired) electrons. The van der Waals surface area contributed by atoms with E-state index in [9.17, 15) is 0 Å². The average Bonchev–Trinajstić information content (AvgIpc) is 3.06. The fraction of sp³-hybridized carbons (Fsp3) is 0.300. The minimum atomic E-state index is -0.235. The maximum atomic E-state index is 6.04. The molecule has 3 aromatic rings. The predicted molar refractivity (Wildman–Crippen MR) is 102 cm³/mol. The lowest BCUT2D eigenvalue weighted by atomic mass is 10.1. The number of nitrogens with zero attached hydrogens (tertiary/aromatic N) is 3. The van der Waals surface area contributed by atoms with Crippen LogP contribution in [0.1, 0.15) is 23.9 Å². The SMILES string of the molecule is Cn1c(SCCCc2ccccc2)nnc1C1COc2ccccc2O1. The molecule has 4 rings (SSSR count). The molecular weight excluding hydrogens is 346 g/mol. The van der Waals surface area contributed by atoms with Crippen molar-refractivity contribution in [3.05, 3.63) is 66.0 Å². The largest absolute Gasteiger partial charge is 0.485 e. The van der Waals surface area contributed by atoms with E-state index in [1.165, 1.54) is 5.56 Å². The number of hydrogen-bond donors (Lipinski definition) is 0. The van der Waals surface area contributed by atoms with Gasteiger partial charge < -0.3 is 14.0 Å². The third-order valence-electron chi connectivity index (χ3n) is 4.35. The molecule has 1 atom stereocenters. The smallest absolute Gasteiger partial charge is 0.192 e. The first kappa shape index (κ1) is 17.0. The second-order valence-electron chi connectivity index (χ2n) is 6.20. The summed E-state index contributed by atoms with van der Waals surface area (Å²) in [5, 5.41) is 9.58. The first-order valence-corrected chi connectivity index (χ1v) is 9.74. The Bertz CT molecular complexity index is 867. The van der Waals surface area contributed by atoms with Crippen LogP contribution in [0, 0.1) is 0 Å². The zero-order valence-electron chi connectivity index (χ0n) is 14.7. The van der Waals surface area contributed by atoms with Gasteiger partial charge in [-0.3, -0.25) is 0 Å². The molecule has 2 heterocycles. The Morgan fingerprint density at radius 2 is 1.81 bits per heavy atom. The molecule has 1 unspecified atom stereocenters. The van der Waals surface area contributed by atoms with E-state index in [2.05, 4.69) is 40.5 Å². The molecule has 1 aliphatic rings. The minimum Gasteiger partial charge on any atom is -0.485 e. The van der Waals surface area contributed by atoms with E-state index in [1.54, 1.807) is 11.8 Å². The van der Waals surface area contributed by atoms with Crippen molar-refractivity contribution in [2.75, 3.05) is 12.4 Å². The molecule has 1 aliphatic heterocycles. The van der Waals surface area contributed by atoms with E-state index in [1.807, 2.05) is 35.9 Å². The molecule has 134 valence electrons. The van der Waals surface area contributed by atoms with E-state index in [-0.39, 0.29) is 6.10 Å². The summed E-state index contributed by atoms with van der Waals surface area (Å²) in [7, 11) is 1.98. The summed E-state index contributed by atoms with van der Waals surface area (Å²) >= 11 is 1.73. The van der Waals surface area contributed by atoms with Crippen molar-refractivity contribution in [2.24, 2.45) is 7.05 Å². The molecule has 0 bridgehead atoms. The highest BCUT2D eigenvalue weighted by atomic mass is 32.2. The Hall–Kier alpha value is -2.47. The van der Waals surface area contributed by atoms with Crippen LogP contribution in [0.25, 0.3) is 0 Å². The molecule has 0 saturated heterocycles. The first-order valence-electron chi connectivity index (χ1n) is 8.76. The number of thioether (sulfide) groups is 1. The molecule has 0 aliphatic carbocycles. The van der Waals surface area contributed by atoms with Crippen molar-refractivity contribution in [1.29, 1.82) is 0 Å². The number of para-hydroxylation sites is 2. The van der Waals surface area contributed by atoms with Gasteiger partial charge in [-0.25, -0.2) is 0 Å². The summed E-state index contributed by atoms with van der Waals surface area (Å²) in [6, 6.07) is 18.3. The van der Waals surface area contributed by atoms with Crippen molar-refractivity contribution in [2.45, 2.75) is 24.1 Å². The zero-order chi connectivity index (χ0) is 17.8. The minimum absolute atomic E-state index is 0.235.